The maximum Gasteiger partial charge on any atom is 0.276 e. The molecule has 3 heterocycles. The number of aromatic nitrogens is 1. The van der Waals surface area contributed by atoms with Gasteiger partial charge in [0, 0.05) is 18.7 Å². The molecule has 0 bridgehead atoms. The number of rotatable bonds is 3. The Bertz CT molecular complexity index is 824. The van der Waals surface area contributed by atoms with Crippen LogP contribution in [0.5, 0.6) is 5.75 Å². The summed E-state index contributed by atoms with van der Waals surface area (Å²) < 4.78 is 7.23. The van der Waals surface area contributed by atoms with E-state index in [9.17, 15) is 19.5 Å². The van der Waals surface area contributed by atoms with Crippen molar-refractivity contribution < 1.29 is 19.4 Å². The molecule has 0 spiro atoms. The van der Waals surface area contributed by atoms with Crippen LogP contribution in [0.25, 0.3) is 0 Å². The van der Waals surface area contributed by atoms with Gasteiger partial charge in [0.1, 0.15) is 0 Å². The van der Waals surface area contributed by atoms with Crippen LogP contribution in [-0.4, -0.2) is 45.1 Å². The number of fused-ring (bicyclic) bond motifs is 2. The Morgan fingerprint density at radius 1 is 1.22 bits per heavy atom. The molecule has 2 fully saturated rings. The summed E-state index contributed by atoms with van der Waals surface area (Å²) >= 11 is 0. The lowest BCUT2D eigenvalue weighted by atomic mass is 9.85. The first-order valence-corrected chi connectivity index (χ1v) is 9.91. The van der Waals surface area contributed by atoms with Crippen LogP contribution in [0.15, 0.2) is 11.0 Å². The molecule has 3 aliphatic rings. The van der Waals surface area contributed by atoms with Crippen molar-refractivity contribution in [3.63, 3.8) is 0 Å². The lowest BCUT2D eigenvalue weighted by Crippen LogP contribution is -2.57. The van der Waals surface area contributed by atoms with Gasteiger partial charge >= 0.3 is 0 Å². The molecule has 27 heavy (non-hydrogen) atoms. The minimum absolute atomic E-state index is 0.0212. The number of amides is 1. The molecule has 1 N–H and O–H groups in total. The van der Waals surface area contributed by atoms with E-state index in [4.69, 9.17) is 4.74 Å². The monoisotopic (exact) mass is 374 g/mol. The van der Waals surface area contributed by atoms with E-state index in [1.165, 1.54) is 17.2 Å². The molecular weight excluding hydrogens is 348 g/mol. The number of hydrogen-bond donors (Lipinski definition) is 1. The van der Waals surface area contributed by atoms with E-state index in [0.29, 0.717) is 31.9 Å². The lowest BCUT2D eigenvalue weighted by molar-refractivity contribution is -0.112. The Kier molecular flexibility index (Phi) is 4.80. The maximum atomic E-state index is 12.9. The fraction of sp³-hybridized carbons (Fsp3) is 0.650. The highest BCUT2D eigenvalue weighted by Gasteiger charge is 2.41. The number of pyridine rings is 1. The number of carbonyl (C=O) groups excluding carboxylic acids is 2. The van der Waals surface area contributed by atoms with E-state index >= 15 is 0 Å². The third-order valence-corrected chi connectivity index (χ3v) is 6.18. The summed E-state index contributed by atoms with van der Waals surface area (Å²) in [4.78, 5) is 39.8. The number of ketones is 1. The van der Waals surface area contributed by atoms with Gasteiger partial charge in [0.15, 0.2) is 23.5 Å². The van der Waals surface area contributed by atoms with Gasteiger partial charge in [-0.15, -0.1) is 0 Å². The van der Waals surface area contributed by atoms with Gasteiger partial charge in [-0.1, -0.05) is 32.1 Å². The zero-order valence-corrected chi connectivity index (χ0v) is 15.6. The van der Waals surface area contributed by atoms with E-state index in [1.807, 2.05) is 6.92 Å². The number of ether oxygens (including phenoxy) is 1. The molecule has 2 aliphatic heterocycles. The summed E-state index contributed by atoms with van der Waals surface area (Å²) in [5, 5.41) is 10.5. The highest BCUT2D eigenvalue weighted by molar-refractivity contribution is 6.00. The van der Waals surface area contributed by atoms with E-state index in [-0.39, 0.29) is 23.1 Å². The van der Waals surface area contributed by atoms with Crippen LogP contribution < -0.4 is 5.43 Å². The zero-order chi connectivity index (χ0) is 19.1. The number of aromatic hydroxyl groups is 1. The average Bonchev–Trinajstić information content (AvgIpc) is 2.65. The van der Waals surface area contributed by atoms with Crippen molar-refractivity contribution in [1.82, 2.24) is 9.47 Å². The van der Waals surface area contributed by atoms with Crippen LogP contribution in [0.3, 0.4) is 0 Å². The predicted octanol–water partition coefficient (Wildman–Crippen LogP) is 2.30. The van der Waals surface area contributed by atoms with Gasteiger partial charge < -0.3 is 19.3 Å². The van der Waals surface area contributed by atoms with Crippen molar-refractivity contribution in [2.45, 2.75) is 70.7 Å². The van der Waals surface area contributed by atoms with E-state index in [2.05, 4.69) is 0 Å². The summed E-state index contributed by atoms with van der Waals surface area (Å²) in [6.45, 7) is 2.80. The molecule has 1 saturated heterocycles. The van der Waals surface area contributed by atoms with E-state index in [1.54, 1.807) is 4.90 Å². The van der Waals surface area contributed by atoms with Crippen molar-refractivity contribution in [3.8, 4) is 5.75 Å². The third-order valence-electron chi connectivity index (χ3n) is 6.18. The quantitative estimate of drug-likeness (QED) is 0.820. The van der Waals surface area contributed by atoms with E-state index < -0.39 is 23.3 Å². The number of carbonyl (C=O) groups is 2. The first-order valence-electron chi connectivity index (χ1n) is 9.91. The molecule has 146 valence electrons. The van der Waals surface area contributed by atoms with Crippen LogP contribution >= 0.6 is 0 Å². The molecule has 1 amide bonds. The molecule has 1 aromatic rings. The first kappa shape index (κ1) is 18.2. The first-order chi connectivity index (χ1) is 13.0. The van der Waals surface area contributed by atoms with Gasteiger partial charge in [-0.25, -0.2) is 0 Å². The van der Waals surface area contributed by atoms with Crippen molar-refractivity contribution in [2.75, 3.05) is 6.61 Å². The second-order valence-corrected chi connectivity index (χ2v) is 8.03. The van der Waals surface area contributed by atoms with Gasteiger partial charge in [-0.3, -0.25) is 14.4 Å². The molecule has 2 atom stereocenters. The van der Waals surface area contributed by atoms with E-state index in [0.717, 1.165) is 25.7 Å². The van der Waals surface area contributed by atoms with Crippen molar-refractivity contribution in [3.05, 3.63) is 27.7 Å². The molecule has 1 aromatic heterocycles. The molecular formula is C20H26N2O5. The smallest absolute Gasteiger partial charge is 0.276 e. The molecule has 7 heteroatoms. The Hall–Kier alpha value is -2.15. The fourth-order valence-electron chi connectivity index (χ4n) is 4.62. The summed E-state index contributed by atoms with van der Waals surface area (Å²) in [6.07, 6.45) is 7.50. The van der Waals surface area contributed by atoms with Crippen LogP contribution in [0, 0.1) is 5.92 Å². The van der Waals surface area contributed by atoms with Crippen molar-refractivity contribution in [2.24, 2.45) is 5.92 Å². The largest absolute Gasteiger partial charge is 0.503 e. The molecule has 0 aromatic carbocycles. The summed E-state index contributed by atoms with van der Waals surface area (Å²) in [7, 11) is 0. The highest BCUT2D eigenvalue weighted by Crippen LogP contribution is 2.30. The molecule has 1 aliphatic carbocycles. The van der Waals surface area contributed by atoms with Crippen LogP contribution in [-0.2, 0) is 11.3 Å². The number of nitrogens with zero attached hydrogens (tertiary/aromatic N) is 2. The summed E-state index contributed by atoms with van der Waals surface area (Å²) in [5.74, 6) is -0.983. The predicted molar refractivity (Wildman–Crippen MR) is 97.9 cm³/mol. The Balaban J connectivity index is 1.67. The Morgan fingerprint density at radius 3 is 2.70 bits per heavy atom. The number of hydrogen-bond acceptors (Lipinski definition) is 5. The topological polar surface area (TPSA) is 88.8 Å². The fourth-order valence-corrected chi connectivity index (χ4v) is 4.62. The van der Waals surface area contributed by atoms with Gasteiger partial charge in [0.2, 0.25) is 5.43 Å². The molecule has 0 unspecified atom stereocenters. The minimum Gasteiger partial charge on any atom is -0.503 e. The van der Waals surface area contributed by atoms with Crippen molar-refractivity contribution >= 4 is 11.7 Å². The van der Waals surface area contributed by atoms with Crippen LogP contribution in [0.1, 0.15) is 72.7 Å². The standard InChI is InChI=1S/C20H26N2O5/c1-12-7-8-27-16-11-21-10-14(15(23)9-13-5-3-2-4-6-13)18(24)19(25)17(21)20(26)22(12)16/h10,12-13,16,25H,2-9,11H2,1H3/t12-,16+/m1/s1. The van der Waals surface area contributed by atoms with Gasteiger partial charge in [-0.2, -0.15) is 0 Å². The van der Waals surface area contributed by atoms with Crippen LogP contribution in [0.4, 0.5) is 0 Å². The molecule has 4 rings (SSSR count). The third kappa shape index (κ3) is 3.18. The molecule has 7 nitrogen and oxygen atoms in total. The number of Topliss-reactive ketones (excluding diaryl/α,β-unsaturated/α-hetero) is 1. The normalized spacial score (nSPS) is 25.8. The maximum absolute atomic E-state index is 12.9. The van der Waals surface area contributed by atoms with Gasteiger partial charge in [-0.05, 0) is 19.3 Å². The summed E-state index contributed by atoms with van der Waals surface area (Å²) in [6, 6.07) is -0.0212. The minimum atomic E-state index is -0.737. The Labute approximate surface area is 157 Å². The van der Waals surface area contributed by atoms with Gasteiger partial charge in [0.05, 0.1) is 18.7 Å². The lowest BCUT2D eigenvalue weighted by Gasteiger charge is -2.44. The van der Waals surface area contributed by atoms with Crippen molar-refractivity contribution in [1.29, 1.82) is 0 Å². The SMILES string of the molecule is C[C@@H]1CCO[C@H]2Cn3cc(C(=O)CC4CCCCC4)c(=O)c(O)c3C(=O)N12. The zero-order valence-electron chi connectivity index (χ0n) is 15.6. The summed E-state index contributed by atoms with van der Waals surface area (Å²) in [5.41, 5.74) is -0.797. The second-order valence-electron chi connectivity index (χ2n) is 8.03. The van der Waals surface area contributed by atoms with Crippen LogP contribution in [0.2, 0.25) is 0 Å². The highest BCUT2D eigenvalue weighted by atomic mass is 16.5. The second kappa shape index (κ2) is 7.11. The Morgan fingerprint density at radius 2 is 1.96 bits per heavy atom. The average molecular weight is 374 g/mol. The molecule has 0 radical (unpaired) electrons. The molecule has 1 saturated carbocycles. The van der Waals surface area contributed by atoms with Gasteiger partial charge in [0.25, 0.3) is 5.91 Å².